The number of thiocarbonyl (C=S) groups is 1. The third kappa shape index (κ3) is 4.13. The number of nitrogens with zero attached hydrogens (tertiary/aromatic N) is 2. The summed E-state index contributed by atoms with van der Waals surface area (Å²) >= 11 is 6.79. The molecule has 0 aliphatic carbocycles. The van der Waals surface area contributed by atoms with Crippen LogP contribution in [0.15, 0.2) is 71.6 Å². The van der Waals surface area contributed by atoms with Crippen molar-refractivity contribution in [3.05, 3.63) is 94.1 Å². The summed E-state index contributed by atoms with van der Waals surface area (Å²) < 4.78 is 8.22. The van der Waals surface area contributed by atoms with Gasteiger partial charge in [-0.25, -0.2) is 0 Å². The van der Waals surface area contributed by atoms with E-state index in [0.717, 1.165) is 28.3 Å². The van der Waals surface area contributed by atoms with Gasteiger partial charge in [0.1, 0.15) is 12.4 Å². The van der Waals surface area contributed by atoms with Crippen LogP contribution < -0.4 is 9.75 Å². The first kappa shape index (κ1) is 19.5. The molecular weight excluding hydrogens is 400 g/mol. The number of aromatic nitrogens is 1. The summed E-state index contributed by atoms with van der Waals surface area (Å²) in [6.45, 7) is 4.45. The second kappa shape index (κ2) is 8.27. The smallest absolute Gasteiger partial charge is 0.285 e. The zero-order valence-corrected chi connectivity index (χ0v) is 17.8. The summed E-state index contributed by atoms with van der Waals surface area (Å²) in [4.78, 5) is 13.6. The van der Waals surface area contributed by atoms with Crippen LogP contribution in [0.4, 0.5) is 0 Å². The summed E-state index contributed by atoms with van der Waals surface area (Å²) in [6.07, 6.45) is 1.87. The van der Waals surface area contributed by atoms with E-state index in [1.54, 1.807) is 5.01 Å². The fourth-order valence-electron chi connectivity index (χ4n) is 3.16. The number of hydrogen-bond donors (Lipinski definition) is 0. The normalized spacial score (nSPS) is 15.4. The first-order chi connectivity index (χ1) is 14.0. The Morgan fingerprint density at radius 3 is 2.28 bits per heavy atom. The molecule has 4 nitrogen and oxygen atoms in total. The van der Waals surface area contributed by atoms with Crippen LogP contribution in [0, 0.1) is 13.8 Å². The standard InChI is InChI=1S/C23H20N2O2S2/c1-16-8-9-17(2)24(16)25-22(26)21(29-23(25)28)14-18-10-12-20(13-11-18)27-15-19-6-4-3-5-7-19/h3-14H,15H2,1-2H3/b21-14+. The third-order valence-corrected chi connectivity index (χ3v) is 5.92. The minimum atomic E-state index is -0.105. The van der Waals surface area contributed by atoms with Crippen molar-refractivity contribution in [1.82, 2.24) is 4.68 Å². The summed E-state index contributed by atoms with van der Waals surface area (Å²) in [5.41, 5.74) is 3.99. The number of thioether (sulfide) groups is 1. The molecule has 0 radical (unpaired) electrons. The number of benzene rings is 2. The zero-order valence-electron chi connectivity index (χ0n) is 16.2. The van der Waals surface area contributed by atoms with Gasteiger partial charge in [-0.3, -0.25) is 9.47 Å². The molecule has 2 heterocycles. The second-order valence-electron chi connectivity index (χ2n) is 6.76. The molecule has 2 aromatic carbocycles. The van der Waals surface area contributed by atoms with E-state index in [0.29, 0.717) is 15.8 Å². The van der Waals surface area contributed by atoms with Gasteiger partial charge in [-0.05, 0) is 67.5 Å². The van der Waals surface area contributed by atoms with E-state index in [9.17, 15) is 4.79 Å². The van der Waals surface area contributed by atoms with Crippen molar-refractivity contribution in [2.24, 2.45) is 0 Å². The number of amides is 1. The van der Waals surface area contributed by atoms with Gasteiger partial charge in [0.15, 0.2) is 4.32 Å². The lowest BCUT2D eigenvalue weighted by atomic mass is 10.2. The number of rotatable bonds is 5. The van der Waals surface area contributed by atoms with Crippen molar-refractivity contribution in [1.29, 1.82) is 0 Å². The van der Waals surface area contributed by atoms with E-state index in [1.807, 2.05) is 91.3 Å². The van der Waals surface area contributed by atoms with Crippen molar-refractivity contribution in [2.45, 2.75) is 20.5 Å². The molecule has 4 rings (SSSR count). The van der Waals surface area contributed by atoms with Gasteiger partial charge in [0.2, 0.25) is 0 Å². The van der Waals surface area contributed by atoms with Crippen LogP contribution in [0.3, 0.4) is 0 Å². The Bertz CT molecular complexity index is 1070. The zero-order chi connectivity index (χ0) is 20.4. The highest BCUT2D eigenvalue weighted by molar-refractivity contribution is 8.27. The molecule has 0 unspecified atom stereocenters. The topological polar surface area (TPSA) is 34.5 Å². The van der Waals surface area contributed by atoms with Gasteiger partial charge in [0.05, 0.1) is 4.91 Å². The van der Waals surface area contributed by atoms with E-state index in [4.69, 9.17) is 17.0 Å². The predicted octanol–water partition coefficient (Wildman–Crippen LogP) is 5.22. The first-order valence-electron chi connectivity index (χ1n) is 9.23. The maximum Gasteiger partial charge on any atom is 0.285 e. The second-order valence-corrected chi connectivity index (χ2v) is 8.44. The van der Waals surface area contributed by atoms with Crippen LogP contribution in [0.1, 0.15) is 22.5 Å². The Morgan fingerprint density at radius 2 is 1.62 bits per heavy atom. The summed E-state index contributed by atoms with van der Waals surface area (Å²) in [7, 11) is 0. The Balaban J connectivity index is 1.48. The molecule has 0 atom stereocenters. The highest BCUT2D eigenvalue weighted by Gasteiger charge is 2.34. The molecule has 0 saturated carbocycles. The van der Waals surface area contributed by atoms with Crippen LogP contribution in [-0.2, 0) is 11.4 Å². The molecule has 1 aliphatic rings. The van der Waals surface area contributed by atoms with Crippen molar-refractivity contribution in [3.63, 3.8) is 0 Å². The molecule has 6 heteroatoms. The molecule has 1 amide bonds. The molecule has 1 aromatic heterocycles. The van der Waals surface area contributed by atoms with Gasteiger partial charge in [0.25, 0.3) is 5.91 Å². The lowest BCUT2D eigenvalue weighted by Crippen LogP contribution is -2.39. The van der Waals surface area contributed by atoms with Gasteiger partial charge >= 0.3 is 0 Å². The predicted molar refractivity (Wildman–Crippen MR) is 123 cm³/mol. The average Bonchev–Trinajstić information content (AvgIpc) is 3.19. The number of carbonyl (C=O) groups excluding carboxylic acids is 1. The van der Waals surface area contributed by atoms with E-state index in [2.05, 4.69) is 0 Å². The van der Waals surface area contributed by atoms with Crippen LogP contribution in [0.2, 0.25) is 0 Å². The Kier molecular flexibility index (Phi) is 5.56. The van der Waals surface area contributed by atoms with Crippen LogP contribution in [0.5, 0.6) is 5.75 Å². The van der Waals surface area contributed by atoms with Crippen LogP contribution >= 0.6 is 24.0 Å². The number of carbonyl (C=O) groups is 1. The first-order valence-corrected chi connectivity index (χ1v) is 10.5. The summed E-state index contributed by atoms with van der Waals surface area (Å²) in [5, 5.41) is 1.56. The number of aryl methyl sites for hydroxylation is 2. The fraction of sp³-hybridized carbons (Fsp3) is 0.130. The van der Waals surface area contributed by atoms with Gasteiger partial charge in [0, 0.05) is 11.4 Å². The van der Waals surface area contributed by atoms with Gasteiger partial charge in [-0.2, -0.15) is 5.01 Å². The number of hydrogen-bond acceptors (Lipinski definition) is 4. The van der Waals surface area contributed by atoms with E-state index in [-0.39, 0.29) is 5.91 Å². The van der Waals surface area contributed by atoms with Crippen LogP contribution in [0.25, 0.3) is 6.08 Å². The minimum Gasteiger partial charge on any atom is -0.489 e. The monoisotopic (exact) mass is 420 g/mol. The highest BCUT2D eigenvalue weighted by Crippen LogP contribution is 2.33. The molecule has 0 spiro atoms. The molecule has 29 heavy (non-hydrogen) atoms. The van der Waals surface area contributed by atoms with E-state index >= 15 is 0 Å². The molecule has 1 saturated heterocycles. The molecule has 0 N–H and O–H groups in total. The number of ether oxygens (including phenoxy) is 1. The lowest BCUT2D eigenvalue weighted by molar-refractivity contribution is -0.114. The summed E-state index contributed by atoms with van der Waals surface area (Å²) in [5.74, 6) is 0.684. The van der Waals surface area contributed by atoms with Crippen molar-refractivity contribution in [2.75, 3.05) is 5.01 Å². The Labute approximate surface area is 179 Å². The van der Waals surface area contributed by atoms with E-state index < -0.39 is 0 Å². The van der Waals surface area contributed by atoms with Crippen molar-refractivity contribution < 1.29 is 9.53 Å². The van der Waals surface area contributed by atoms with Crippen molar-refractivity contribution >= 4 is 40.3 Å². The maximum atomic E-state index is 13.0. The van der Waals surface area contributed by atoms with Gasteiger partial charge < -0.3 is 4.74 Å². The minimum absolute atomic E-state index is 0.105. The maximum absolute atomic E-state index is 13.0. The lowest BCUT2D eigenvalue weighted by Gasteiger charge is -2.20. The average molecular weight is 421 g/mol. The molecular formula is C23H20N2O2S2. The highest BCUT2D eigenvalue weighted by atomic mass is 32.2. The van der Waals surface area contributed by atoms with Crippen LogP contribution in [-0.4, -0.2) is 14.9 Å². The van der Waals surface area contributed by atoms with Gasteiger partial charge in [-0.15, -0.1) is 0 Å². The molecule has 3 aromatic rings. The Hall–Kier alpha value is -2.83. The fourth-order valence-corrected chi connectivity index (χ4v) is 4.40. The molecule has 1 fully saturated rings. The van der Waals surface area contributed by atoms with E-state index in [1.165, 1.54) is 11.8 Å². The Morgan fingerprint density at radius 1 is 0.966 bits per heavy atom. The molecule has 0 bridgehead atoms. The van der Waals surface area contributed by atoms with Gasteiger partial charge in [-0.1, -0.05) is 54.2 Å². The molecule has 1 aliphatic heterocycles. The molecule has 146 valence electrons. The summed E-state index contributed by atoms with van der Waals surface area (Å²) in [6, 6.07) is 21.7. The van der Waals surface area contributed by atoms with Crippen molar-refractivity contribution in [3.8, 4) is 5.75 Å². The third-order valence-electron chi connectivity index (χ3n) is 4.63. The SMILES string of the molecule is Cc1ccc(C)n1N1C(=O)/C(=C\c2ccc(OCc3ccccc3)cc2)SC1=S. The quantitative estimate of drug-likeness (QED) is 0.419. The largest absolute Gasteiger partial charge is 0.489 e.